The van der Waals surface area contributed by atoms with Crippen LogP contribution in [0.15, 0.2) is 48.7 Å². The third-order valence-corrected chi connectivity index (χ3v) is 4.97. The van der Waals surface area contributed by atoms with Crippen molar-refractivity contribution in [2.24, 2.45) is 0 Å². The van der Waals surface area contributed by atoms with Crippen LogP contribution in [0.25, 0.3) is 0 Å². The lowest BCUT2D eigenvalue weighted by molar-refractivity contribution is -0.134. The molecule has 2 heterocycles. The van der Waals surface area contributed by atoms with E-state index in [1.54, 1.807) is 24.4 Å². The molecule has 1 fully saturated rings. The second-order valence-electron chi connectivity index (χ2n) is 6.84. The number of amides is 2. The van der Waals surface area contributed by atoms with Crippen LogP contribution in [-0.4, -0.2) is 59.3 Å². The Hall–Kier alpha value is -2.96. The first-order valence-electron chi connectivity index (χ1n) is 9.47. The van der Waals surface area contributed by atoms with Crippen LogP contribution in [0.2, 0.25) is 0 Å². The quantitative estimate of drug-likeness (QED) is 0.767. The van der Waals surface area contributed by atoms with Crippen LogP contribution in [0, 0.1) is 5.82 Å². The van der Waals surface area contributed by atoms with Crippen molar-refractivity contribution >= 4 is 17.6 Å². The van der Waals surface area contributed by atoms with Gasteiger partial charge in [0.25, 0.3) is 0 Å². The van der Waals surface area contributed by atoms with Gasteiger partial charge in [0.2, 0.25) is 11.8 Å². The molecule has 0 spiro atoms. The van der Waals surface area contributed by atoms with Crippen molar-refractivity contribution in [2.75, 3.05) is 37.6 Å². The molecule has 1 aromatic carbocycles. The van der Waals surface area contributed by atoms with Gasteiger partial charge >= 0.3 is 0 Å². The Morgan fingerprint density at radius 2 is 1.79 bits per heavy atom. The third kappa shape index (κ3) is 5.06. The van der Waals surface area contributed by atoms with Crippen LogP contribution >= 0.6 is 0 Å². The van der Waals surface area contributed by atoms with E-state index in [0.29, 0.717) is 18.7 Å². The van der Waals surface area contributed by atoms with Crippen molar-refractivity contribution in [3.8, 4) is 0 Å². The molecule has 2 aromatic rings. The summed E-state index contributed by atoms with van der Waals surface area (Å²) in [5.41, 5.74) is 0.453. The van der Waals surface area contributed by atoms with Gasteiger partial charge in [-0.15, -0.1) is 0 Å². The number of hydrogen-bond donors (Lipinski definition) is 0. The molecule has 0 aliphatic carbocycles. The number of anilines is 1. The topological polar surface area (TPSA) is 56.8 Å². The molecule has 0 unspecified atom stereocenters. The van der Waals surface area contributed by atoms with Crippen molar-refractivity contribution < 1.29 is 14.0 Å². The zero-order valence-electron chi connectivity index (χ0n) is 16.1. The Kier molecular flexibility index (Phi) is 6.57. The monoisotopic (exact) mass is 384 g/mol. The third-order valence-electron chi connectivity index (χ3n) is 4.97. The lowest BCUT2D eigenvalue weighted by atomic mass is 10.2. The van der Waals surface area contributed by atoms with Gasteiger partial charge in [-0.3, -0.25) is 9.59 Å². The van der Waals surface area contributed by atoms with Crippen LogP contribution in [0.1, 0.15) is 18.9 Å². The first-order valence-corrected chi connectivity index (χ1v) is 9.47. The summed E-state index contributed by atoms with van der Waals surface area (Å²) in [5, 5.41) is 0. The fourth-order valence-electron chi connectivity index (χ4n) is 3.29. The summed E-state index contributed by atoms with van der Waals surface area (Å²) >= 11 is 0. The molecule has 0 saturated carbocycles. The van der Waals surface area contributed by atoms with E-state index in [2.05, 4.69) is 9.88 Å². The van der Waals surface area contributed by atoms with Crippen molar-refractivity contribution in [1.82, 2.24) is 14.8 Å². The van der Waals surface area contributed by atoms with E-state index in [1.165, 1.54) is 17.9 Å². The molecule has 1 aromatic heterocycles. The van der Waals surface area contributed by atoms with Crippen LogP contribution in [-0.2, 0) is 16.1 Å². The van der Waals surface area contributed by atoms with Crippen LogP contribution in [0.5, 0.6) is 0 Å². The van der Waals surface area contributed by atoms with E-state index in [-0.39, 0.29) is 37.1 Å². The number of carbonyl (C=O) groups is 2. The number of pyridine rings is 1. The number of nitrogens with zero attached hydrogens (tertiary/aromatic N) is 4. The fraction of sp³-hybridized carbons (Fsp3) is 0.381. The number of rotatable bonds is 6. The molecule has 2 amide bonds. The largest absolute Gasteiger partial charge is 0.353 e. The highest BCUT2D eigenvalue weighted by molar-refractivity contribution is 5.78. The predicted octanol–water partition coefficient (Wildman–Crippen LogP) is 2.31. The summed E-state index contributed by atoms with van der Waals surface area (Å²) < 4.78 is 13.9. The Balaban J connectivity index is 1.50. The van der Waals surface area contributed by atoms with Gasteiger partial charge < -0.3 is 14.7 Å². The van der Waals surface area contributed by atoms with Gasteiger partial charge in [0.15, 0.2) is 0 Å². The maximum atomic E-state index is 13.9. The standard InChI is InChI=1S/C21H25FN4O2/c1-17(27)26(16-18-6-2-3-7-19(18)22)11-9-21(28)25-14-12-24(13-15-25)20-8-4-5-10-23-20/h2-8,10H,9,11-16H2,1H3. The summed E-state index contributed by atoms with van der Waals surface area (Å²) in [5.74, 6) is 0.421. The first-order chi connectivity index (χ1) is 13.5. The summed E-state index contributed by atoms with van der Waals surface area (Å²) in [6.07, 6.45) is 2.00. The van der Waals surface area contributed by atoms with E-state index >= 15 is 0 Å². The summed E-state index contributed by atoms with van der Waals surface area (Å²) in [6.45, 7) is 4.61. The van der Waals surface area contributed by atoms with Gasteiger partial charge in [0.1, 0.15) is 11.6 Å². The average molecular weight is 384 g/mol. The predicted molar refractivity (Wildman–Crippen MR) is 105 cm³/mol. The van der Waals surface area contributed by atoms with Gasteiger partial charge in [0.05, 0.1) is 0 Å². The van der Waals surface area contributed by atoms with Gasteiger partial charge in [-0.2, -0.15) is 0 Å². The minimum absolute atomic E-state index is 0.0143. The molecule has 1 aliphatic rings. The lowest BCUT2D eigenvalue weighted by Crippen LogP contribution is -2.49. The molecule has 0 N–H and O–H groups in total. The van der Waals surface area contributed by atoms with Crippen LogP contribution in [0.3, 0.4) is 0 Å². The highest BCUT2D eigenvalue weighted by atomic mass is 19.1. The molecular formula is C21H25FN4O2. The van der Waals surface area contributed by atoms with E-state index in [4.69, 9.17) is 0 Å². The maximum Gasteiger partial charge on any atom is 0.224 e. The second-order valence-corrected chi connectivity index (χ2v) is 6.84. The van der Waals surface area contributed by atoms with Gasteiger partial charge in [0, 0.05) is 64.4 Å². The summed E-state index contributed by atoms with van der Waals surface area (Å²) in [6, 6.07) is 12.2. The number of halogens is 1. The molecule has 6 nitrogen and oxygen atoms in total. The smallest absolute Gasteiger partial charge is 0.224 e. The van der Waals surface area contributed by atoms with Crippen LogP contribution < -0.4 is 4.90 Å². The van der Waals surface area contributed by atoms with E-state index in [9.17, 15) is 14.0 Å². The van der Waals surface area contributed by atoms with Crippen molar-refractivity contribution in [3.63, 3.8) is 0 Å². The number of aromatic nitrogens is 1. The highest BCUT2D eigenvalue weighted by Crippen LogP contribution is 2.14. The van der Waals surface area contributed by atoms with E-state index < -0.39 is 0 Å². The van der Waals surface area contributed by atoms with Crippen LogP contribution in [0.4, 0.5) is 10.2 Å². The van der Waals surface area contributed by atoms with Crippen molar-refractivity contribution in [1.29, 1.82) is 0 Å². The average Bonchev–Trinajstić information content (AvgIpc) is 2.72. The molecule has 148 valence electrons. The molecule has 1 aliphatic heterocycles. The molecule has 28 heavy (non-hydrogen) atoms. The zero-order valence-corrected chi connectivity index (χ0v) is 16.1. The van der Waals surface area contributed by atoms with Crippen molar-refractivity contribution in [3.05, 3.63) is 60.0 Å². The van der Waals surface area contributed by atoms with Crippen molar-refractivity contribution in [2.45, 2.75) is 19.9 Å². The Morgan fingerprint density at radius 1 is 1.07 bits per heavy atom. The highest BCUT2D eigenvalue weighted by Gasteiger charge is 2.22. The Morgan fingerprint density at radius 3 is 2.43 bits per heavy atom. The molecule has 0 radical (unpaired) electrons. The number of hydrogen-bond acceptors (Lipinski definition) is 4. The molecule has 0 bridgehead atoms. The van der Waals surface area contributed by atoms with E-state index in [1.807, 2.05) is 23.1 Å². The number of benzene rings is 1. The minimum Gasteiger partial charge on any atom is -0.353 e. The van der Waals surface area contributed by atoms with Gasteiger partial charge in [-0.05, 0) is 18.2 Å². The second kappa shape index (κ2) is 9.30. The number of carbonyl (C=O) groups excluding carboxylic acids is 2. The molecule has 3 rings (SSSR count). The number of piperazine rings is 1. The van der Waals surface area contributed by atoms with E-state index in [0.717, 1.165) is 18.9 Å². The minimum atomic E-state index is -0.342. The maximum absolute atomic E-state index is 13.9. The Labute approximate surface area is 164 Å². The normalized spacial score (nSPS) is 14.1. The molecule has 7 heteroatoms. The molecule has 1 saturated heterocycles. The summed E-state index contributed by atoms with van der Waals surface area (Å²) in [7, 11) is 0. The van der Waals surface area contributed by atoms with Gasteiger partial charge in [-0.25, -0.2) is 9.37 Å². The van der Waals surface area contributed by atoms with Gasteiger partial charge in [-0.1, -0.05) is 24.3 Å². The molecular weight excluding hydrogens is 359 g/mol. The fourth-order valence-corrected chi connectivity index (χ4v) is 3.29. The SMILES string of the molecule is CC(=O)N(CCC(=O)N1CCN(c2ccccn2)CC1)Cc1ccccc1F. The zero-order chi connectivity index (χ0) is 19.9. The lowest BCUT2D eigenvalue weighted by Gasteiger charge is -2.35. The first kappa shape index (κ1) is 19.8. The summed E-state index contributed by atoms with van der Waals surface area (Å²) in [4.78, 5) is 34.3. The Bertz CT molecular complexity index is 807. The molecule has 0 atom stereocenters.